The van der Waals surface area contributed by atoms with E-state index in [0.717, 1.165) is 31.4 Å². The Bertz CT molecular complexity index is 425. The Morgan fingerprint density at radius 3 is 2.56 bits per heavy atom. The van der Waals surface area contributed by atoms with Crippen LogP contribution in [-0.2, 0) is 4.74 Å². The molecule has 18 heavy (non-hydrogen) atoms. The summed E-state index contributed by atoms with van der Waals surface area (Å²) in [6.45, 7) is 0. The fraction of sp³-hybridized carbons (Fsp3) is 0.538. The third-order valence-corrected chi connectivity index (χ3v) is 4.36. The summed E-state index contributed by atoms with van der Waals surface area (Å²) in [5, 5.41) is 5.02. The van der Waals surface area contributed by atoms with Crippen LogP contribution in [0.15, 0.2) is 12.1 Å². The van der Waals surface area contributed by atoms with Gasteiger partial charge in [-0.25, -0.2) is 0 Å². The molecule has 100 valence electrons. The largest absolute Gasteiger partial charge is 0.381 e. The summed E-state index contributed by atoms with van der Waals surface area (Å²) in [7, 11) is 1.76. The molecule has 0 amide bonds. The molecule has 1 N–H and O–H groups in total. The predicted octanol–water partition coefficient (Wildman–Crippen LogP) is 5.02. The summed E-state index contributed by atoms with van der Waals surface area (Å²) < 4.78 is 5.41. The maximum atomic E-state index is 6.15. The van der Waals surface area contributed by atoms with Gasteiger partial charge in [-0.3, -0.25) is 0 Å². The first-order valence-electron chi connectivity index (χ1n) is 6.04. The lowest BCUT2D eigenvalue weighted by atomic mass is 9.92. The number of rotatable bonds is 3. The Labute approximate surface area is 123 Å². The van der Waals surface area contributed by atoms with E-state index in [0.29, 0.717) is 27.2 Å². The molecule has 0 aliphatic heterocycles. The quantitative estimate of drug-likeness (QED) is 0.792. The molecule has 1 fully saturated rings. The summed E-state index contributed by atoms with van der Waals surface area (Å²) in [5.74, 6) is 0. The Morgan fingerprint density at radius 1 is 1.11 bits per heavy atom. The molecule has 0 spiro atoms. The molecule has 1 aromatic rings. The predicted molar refractivity (Wildman–Crippen MR) is 78.1 cm³/mol. The van der Waals surface area contributed by atoms with Gasteiger partial charge in [0, 0.05) is 13.2 Å². The summed E-state index contributed by atoms with van der Waals surface area (Å²) in [5.41, 5.74) is 0.841. The molecule has 2 atom stereocenters. The number of ether oxygens (including phenoxy) is 1. The number of benzene rings is 1. The van der Waals surface area contributed by atoms with Crippen LogP contribution in [0, 0.1) is 0 Å². The van der Waals surface area contributed by atoms with E-state index in [9.17, 15) is 0 Å². The lowest BCUT2D eigenvalue weighted by molar-refractivity contribution is 0.0669. The molecular weight excluding hydrogens is 293 g/mol. The van der Waals surface area contributed by atoms with Crippen LogP contribution in [0.5, 0.6) is 0 Å². The molecule has 1 aliphatic carbocycles. The lowest BCUT2D eigenvalue weighted by Crippen LogP contribution is -2.31. The number of methoxy groups -OCH3 is 1. The highest BCUT2D eigenvalue weighted by molar-refractivity contribution is 6.44. The second-order valence-corrected chi connectivity index (χ2v) is 5.83. The van der Waals surface area contributed by atoms with Crippen molar-refractivity contribution in [1.29, 1.82) is 0 Å². The van der Waals surface area contributed by atoms with Crippen LogP contribution >= 0.6 is 34.8 Å². The fourth-order valence-electron chi connectivity index (χ4n) is 2.34. The van der Waals surface area contributed by atoms with Crippen LogP contribution in [0.3, 0.4) is 0 Å². The number of hydrogen-bond donors (Lipinski definition) is 1. The Hall–Kier alpha value is -0.150. The van der Waals surface area contributed by atoms with E-state index in [4.69, 9.17) is 39.5 Å². The Balaban J connectivity index is 2.07. The summed E-state index contributed by atoms with van der Waals surface area (Å²) in [6.07, 6.45) is 4.74. The second-order valence-electron chi connectivity index (χ2n) is 4.61. The first-order valence-corrected chi connectivity index (χ1v) is 7.17. The van der Waals surface area contributed by atoms with Gasteiger partial charge in [0.25, 0.3) is 0 Å². The average Bonchev–Trinajstić information content (AvgIpc) is 2.36. The minimum atomic E-state index is 0.331. The summed E-state index contributed by atoms with van der Waals surface area (Å²) >= 11 is 18.1. The molecular formula is C13H16Cl3NO. The van der Waals surface area contributed by atoms with Crippen molar-refractivity contribution >= 4 is 40.5 Å². The average molecular weight is 309 g/mol. The van der Waals surface area contributed by atoms with Crippen LogP contribution < -0.4 is 5.32 Å². The number of hydrogen-bond acceptors (Lipinski definition) is 2. The number of halogens is 3. The molecule has 0 radical (unpaired) electrons. The van der Waals surface area contributed by atoms with Crippen molar-refractivity contribution in [2.75, 3.05) is 12.4 Å². The van der Waals surface area contributed by atoms with E-state index in [2.05, 4.69) is 5.32 Å². The van der Waals surface area contributed by atoms with Crippen molar-refractivity contribution in [1.82, 2.24) is 0 Å². The SMILES string of the molecule is COC1CCCC(Nc2cc(Cl)c(Cl)cc2Cl)C1. The molecule has 1 saturated carbocycles. The van der Waals surface area contributed by atoms with E-state index in [-0.39, 0.29) is 0 Å². The highest BCUT2D eigenvalue weighted by Crippen LogP contribution is 2.34. The molecule has 2 rings (SSSR count). The van der Waals surface area contributed by atoms with E-state index >= 15 is 0 Å². The van der Waals surface area contributed by atoms with Crippen LogP contribution in [0.1, 0.15) is 25.7 Å². The molecule has 5 heteroatoms. The fourth-order valence-corrected chi connectivity index (χ4v) is 2.94. The van der Waals surface area contributed by atoms with E-state index in [1.807, 2.05) is 0 Å². The second kappa shape index (κ2) is 6.33. The van der Waals surface area contributed by atoms with Gasteiger partial charge in [0.05, 0.1) is 26.9 Å². The monoisotopic (exact) mass is 307 g/mol. The Kier molecular flexibility index (Phi) is 5.02. The summed E-state index contributed by atoms with van der Waals surface area (Å²) in [6, 6.07) is 3.82. The van der Waals surface area contributed by atoms with Crippen LogP contribution in [0.25, 0.3) is 0 Å². The maximum Gasteiger partial charge on any atom is 0.0653 e. The highest BCUT2D eigenvalue weighted by Gasteiger charge is 2.22. The van der Waals surface area contributed by atoms with Gasteiger partial charge in [0.2, 0.25) is 0 Å². The zero-order chi connectivity index (χ0) is 13.1. The van der Waals surface area contributed by atoms with Crippen LogP contribution in [-0.4, -0.2) is 19.3 Å². The molecule has 0 saturated heterocycles. The van der Waals surface area contributed by atoms with Crippen LogP contribution in [0.2, 0.25) is 15.1 Å². The first kappa shape index (κ1) is 14.3. The van der Waals surface area contributed by atoms with Gasteiger partial charge in [0.1, 0.15) is 0 Å². The first-order chi connectivity index (χ1) is 8.60. The molecule has 0 aromatic heterocycles. The van der Waals surface area contributed by atoms with Crippen molar-refractivity contribution < 1.29 is 4.74 Å². The molecule has 0 heterocycles. The maximum absolute atomic E-state index is 6.15. The van der Waals surface area contributed by atoms with Crippen molar-refractivity contribution in [2.45, 2.75) is 37.8 Å². The van der Waals surface area contributed by atoms with Gasteiger partial charge in [-0.15, -0.1) is 0 Å². The van der Waals surface area contributed by atoms with Crippen molar-refractivity contribution in [3.63, 3.8) is 0 Å². The third kappa shape index (κ3) is 3.45. The molecule has 1 aliphatic rings. The Morgan fingerprint density at radius 2 is 1.83 bits per heavy atom. The van der Waals surface area contributed by atoms with Gasteiger partial charge in [-0.2, -0.15) is 0 Å². The van der Waals surface area contributed by atoms with Crippen molar-refractivity contribution in [3.05, 3.63) is 27.2 Å². The topological polar surface area (TPSA) is 21.3 Å². The number of nitrogens with one attached hydrogen (secondary N) is 1. The van der Waals surface area contributed by atoms with Crippen molar-refractivity contribution in [2.24, 2.45) is 0 Å². The zero-order valence-electron chi connectivity index (χ0n) is 10.2. The molecule has 1 aromatic carbocycles. The smallest absolute Gasteiger partial charge is 0.0653 e. The molecule has 2 unspecified atom stereocenters. The normalized spacial score (nSPS) is 24.0. The van der Waals surface area contributed by atoms with Gasteiger partial charge < -0.3 is 10.1 Å². The minimum absolute atomic E-state index is 0.331. The van der Waals surface area contributed by atoms with Crippen molar-refractivity contribution in [3.8, 4) is 0 Å². The molecule has 0 bridgehead atoms. The zero-order valence-corrected chi connectivity index (χ0v) is 12.4. The number of anilines is 1. The van der Waals surface area contributed by atoms with Crippen LogP contribution in [0.4, 0.5) is 5.69 Å². The van der Waals surface area contributed by atoms with Gasteiger partial charge >= 0.3 is 0 Å². The van der Waals surface area contributed by atoms with Gasteiger partial charge in [-0.1, -0.05) is 34.8 Å². The minimum Gasteiger partial charge on any atom is -0.381 e. The summed E-state index contributed by atoms with van der Waals surface area (Å²) in [4.78, 5) is 0. The van der Waals surface area contributed by atoms with E-state index in [1.54, 1.807) is 19.2 Å². The molecule has 2 nitrogen and oxygen atoms in total. The highest BCUT2D eigenvalue weighted by atomic mass is 35.5. The standard InChI is InChI=1S/C13H16Cl3NO/c1-18-9-4-2-3-8(5-9)17-13-7-11(15)10(14)6-12(13)16/h6-9,17H,2-5H2,1H3. The van der Waals surface area contributed by atoms with E-state index in [1.165, 1.54) is 0 Å². The third-order valence-electron chi connectivity index (χ3n) is 3.33. The van der Waals surface area contributed by atoms with Gasteiger partial charge in [0.15, 0.2) is 0 Å². The lowest BCUT2D eigenvalue weighted by Gasteiger charge is -2.29. The van der Waals surface area contributed by atoms with E-state index < -0.39 is 0 Å². The van der Waals surface area contributed by atoms with Gasteiger partial charge in [-0.05, 0) is 37.8 Å².